The Balaban J connectivity index is 1.61. The van der Waals surface area contributed by atoms with Crippen LogP contribution in [0, 0.1) is 0 Å². The fraction of sp³-hybridized carbons (Fsp3) is 0.238. The monoisotopic (exact) mass is 378 g/mol. The molecule has 1 atom stereocenters. The molecule has 2 aromatic heterocycles. The highest BCUT2D eigenvalue weighted by Gasteiger charge is 2.14. The van der Waals surface area contributed by atoms with Crippen LogP contribution in [0.25, 0.3) is 11.3 Å². The van der Waals surface area contributed by atoms with Crippen molar-refractivity contribution in [3.63, 3.8) is 0 Å². The van der Waals surface area contributed by atoms with Gasteiger partial charge in [0.05, 0.1) is 0 Å². The third kappa shape index (κ3) is 4.82. The Labute approximate surface area is 163 Å². The maximum atomic E-state index is 12.3. The van der Waals surface area contributed by atoms with Crippen LogP contribution in [0.2, 0.25) is 0 Å². The highest BCUT2D eigenvalue weighted by molar-refractivity contribution is 5.95. The van der Waals surface area contributed by atoms with Crippen molar-refractivity contribution in [2.45, 2.75) is 32.9 Å². The molecule has 0 spiro atoms. The smallest absolute Gasteiger partial charge is 0.273 e. The van der Waals surface area contributed by atoms with Gasteiger partial charge in [-0.3, -0.25) is 14.6 Å². The molecule has 28 heavy (non-hydrogen) atoms. The Hall–Kier alpha value is -3.48. The number of hydrogen-bond acceptors (Lipinski definition) is 5. The topological polar surface area (TPSA) is 97.1 Å². The Morgan fingerprint density at radius 2 is 2.00 bits per heavy atom. The fourth-order valence-corrected chi connectivity index (χ4v) is 2.53. The zero-order chi connectivity index (χ0) is 19.9. The summed E-state index contributed by atoms with van der Waals surface area (Å²) in [7, 11) is 0. The second-order valence-corrected chi connectivity index (χ2v) is 6.48. The maximum absolute atomic E-state index is 12.3. The minimum absolute atomic E-state index is 0.108. The van der Waals surface area contributed by atoms with Crippen molar-refractivity contribution in [1.29, 1.82) is 0 Å². The molecular formula is C21H22N4O3. The second kappa shape index (κ2) is 8.94. The summed E-state index contributed by atoms with van der Waals surface area (Å²) in [4.78, 5) is 28.6. The summed E-state index contributed by atoms with van der Waals surface area (Å²) >= 11 is 0. The van der Waals surface area contributed by atoms with Crippen molar-refractivity contribution in [2.75, 3.05) is 0 Å². The van der Waals surface area contributed by atoms with Crippen LogP contribution in [-0.2, 0) is 6.54 Å². The van der Waals surface area contributed by atoms with Gasteiger partial charge >= 0.3 is 0 Å². The number of hydrogen-bond donors (Lipinski definition) is 2. The van der Waals surface area contributed by atoms with E-state index in [4.69, 9.17) is 4.52 Å². The first kappa shape index (κ1) is 19.3. The van der Waals surface area contributed by atoms with Gasteiger partial charge in [-0.05, 0) is 43.2 Å². The van der Waals surface area contributed by atoms with E-state index >= 15 is 0 Å². The normalized spacial score (nSPS) is 11.6. The molecule has 144 valence electrons. The van der Waals surface area contributed by atoms with Crippen LogP contribution in [0.15, 0.2) is 59.4 Å². The van der Waals surface area contributed by atoms with Crippen LogP contribution >= 0.6 is 0 Å². The summed E-state index contributed by atoms with van der Waals surface area (Å²) < 4.78 is 5.22. The molecule has 0 radical (unpaired) electrons. The number of nitrogens with one attached hydrogen (secondary N) is 2. The van der Waals surface area contributed by atoms with Crippen LogP contribution < -0.4 is 10.6 Å². The predicted octanol–water partition coefficient (Wildman–Crippen LogP) is 3.19. The molecule has 7 nitrogen and oxygen atoms in total. The van der Waals surface area contributed by atoms with Crippen molar-refractivity contribution in [1.82, 2.24) is 20.8 Å². The van der Waals surface area contributed by atoms with Gasteiger partial charge in [0.2, 0.25) is 0 Å². The summed E-state index contributed by atoms with van der Waals surface area (Å²) in [5.41, 5.74) is 2.31. The van der Waals surface area contributed by atoms with Gasteiger partial charge in [0.1, 0.15) is 0 Å². The van der Waals surface area contributed by atoms with E-state index in [2.05, 4.69) is 20.8 Å². The van der Waals surface area contributed by atoms with Gasteiger partial charge in [-0.2, -0.15) is 0 Å². The van der Waals surface area contributed by atoms with Gasteiger partial charge in [-0.15, -0.1) is 0 Å². The molecule has 0 bridgehead atoms. The molecule has 1 aromatic carbocycles. The number of nitrogens with zero attached hydrogens (tertiary/aromatic N) is 2. The van der Waals surface area contributed by atoms with Gasteiger partial charge in [0, 0.05) is 42.2 Å². The first-order chi connectivity index (χ1) is 13.6. The Morgan fingerprint density at radius 1 is 1.14 bits per heavy atom. The zero-order valence-corrected chi connectivity index (χ0v) is 15.8. The molecule has 2 heterocycles. The SMILES string of the molecule is CCC(C)NC(=O)c1cccc(CNC(=O)c2cc(-c3cccnc3)on2)c1. The predicted molar refractivity (Wildman–Crippen MR) is 105 cm³/mol. The quantitative estimate of drug-likeness (QED) is 0.658. The van der Waals surface area contributed by atoms with E-state index in [1.54, 1.807) is 42.7 Å². The van der Waals surface area contributed by atoms with Crippen LogP contribution in [0.1, 0.15) is 46.7 Å². The highest BCUT2D eigenvalue weighted by Crippen LogP contribution is 2.18. The van der Waals surface area contributed by atoms with Crippen LogP contribution in [0.3, 0.4) is 0 Å². The summed E-state index contributed by atoms with van der Waals surface area (Å²) in [6, 6.07) is 12.4. The lowest BCUT2D eigenvalue weighted by Crippen LogP contribution is -2.32. The van der Waals surface area contributed by atoms with Gasteiger partial charge in [-0.1, -0.05) is 24.2 Å². The van der Waals surface area contributed by atoms with E-state index in [1.165, 1.54) is 0 Å². The highest BCUT2D eigenvalue weighted by atomic mass is 16.5. The average molecular weight is 378 g/mol. The molecule has 0 aliphatic carbocycles. The van der Waals surface area contributed by atoms with E-state index in [9.17, 15) is 9.59 Å². The number of pyridine rings is 1. The summed E-state index contributed by atoms with van der Waals surface area (Å²) in [5, 5.41) is 9.53. The summed E-state index contributed by atoms with van der Waals surface area (Å²) in [6.45, 7) is 4.25. The molecule has 3 aromatic rings. The third-order valence-corrected chi connectivity index (χ3v) is 4.32. The molecule has 0 saturated heterocycles. The lowest BCUT2D eigenvalue weighted by Gasteiger charge is -2.12. The lowest BCUT2D eigenvalue weighted by atomic mass is 10.1. The molecule has 3 rings (SSSR count). The van der Waals surface area contributed by atoms with E-state index in [-0.39, 0.29) is 30.1 Å². The molecule has 0 aliphatic rings. The van der Waals surface area contributed by atoms with Crippen LogP contribution in [0.5, 0.6) is 0 Å². The average Bonchev–Trinajstić information content (AvgIpc) is 3.23. The number of aromatic nitrogens is 2. The van der Waals surface area contributed by atoms with Crippen molar-refractivity contribution in [3.05, 3.63) is 71.7 Å². The van der Waals surface area contributed by atoms with E-state index in [0.717, 1.165) is 17.5 Å². The summed E-state index contributed by atoms with van der Waals surface area (Å²) in [6.07, 6.45) is 4.16. The van der Waals surface area contributed by atoms with E-state index < -0.39 is 0 Å². The third-order valence-electron chi connectivity index (χ3n) is 4.32. The minimum atomic E-state index is -0.353. The minimum Gasteiger partial charge on any atom is -0.355 e. The standard InChI is InChI=1S/C21H22N4O3/c1-3-14(2)24-20(26)16-7-4-6-15(10-16)12-23-21(27)18-11-19(28-25-18)17-8-5-9-22-13-17/h4-11,13-14H,3,12H2,1-2H3,(H,23,27)(H,24,26). The zero-order valence-electron chi connectivity index (χ0n) is 15.8. The molecule has 0 fully saturated rings. The lowest BCUT2D eigenvalue weighted by molar-refractivity contribution is 0.0934. The number of carbonyl (C=O) groups excluding carboxylic acids is 2. The molecule has 0 saturated carbocycles. The fourth-order valence-electron chi connectivity index (χ4n) is 2.53. The largest absolute Gasteiger partial charge is 0.355 e. The molecular weight excluding hydrogens is 356 g/mol. The van der Waals surface area contributed by atoms with E-state index in [1.807, 2.05) is 26.0 Å². The molecule has 0 aliphatic heterocycles. The van der Waals surface area contributed by atoms with Gasteiger partial charge in [0.25, 0.3) is 11.8 Å². The maximum Gasteiger partial charge on any atom is 0.273 e. The Kier molecular flexibility index (Phi) is 6.16. The van der Waals surface area contributed by atoms with E-state index in [0.29, 0.717) is 11.3 Å². The second-order valence-electron chi connectivity index (χ2n) is 6.48. The van der Waals surface area contributed by atoms with Crippen molar-refractivity contribution in [3.8, 4) is 11.3 Å². The van der Waals surface area contributed by atoms with Gasteiger partial charge < -0.3 is 15.2 Å². The van der Waals surface area contributed by atoms with Crippen molar-refractivity contribution < 1.29 is 14.1 Å². The van der Waals surface area contributed by atoms with Crippen LogP contribution in [-0.4, -0.2) is 28.0 Å². The number of benzene rings is 1. The van der Waals surface area contributed by atoms with Gasteiger partial charge in [0.15, 0.2) is 11.5 Å². The summed E-state index contributed by atoms with van der Waals surface area (Å²) in [5.74, 6) is -0.00421. The molecule has 1 unspecified atom stereocenters. The van der Waals surface area contributed by atoms with Crippen molar-refractivity contribution >= 4 is 11.8 Å². The molecule has 2 amide bonds. The number of amides is 2. The molecule has 7 heteroatoms. The number of carbonyl (C=O) groups is 2. The van der Waals surface area contributed by atoms with Crippen LogP contribution in [0.4, 0.5) is 0 Å². The number of rotatable bonds is 7. The molecule has 2 N–H and O–H groups in total. The van der Waals surface area contributed by atoms with Crippen molar-refractivity contribution in [2.24, 2.45) is 0 Å². The Bertz CT molecular complexity index is 953. The first-order valence-corrected chi connectivity index (χ1v) is 9.12. The van der Waals surface area contributed by atoms with Gasteiger partial charge in [-0.25, -0.2) is 0 Å². The Morgan fingerprint density at radius 3 is 2.75 bits per heavy atom. The first-order valence-electron chi connectivity index (χ1n) is 9.12.